The number of rotatable bonds is 13. The summed E-state index contributed by atoms with van der Waals surface area (Å²) in [5.74, 6) is 7.03. The summed E-state index contributed by atoms with van der Waals surface area (Å²) in [4.78, 5) is 16.0. The normalized spacial score (nSPS) is 11.7. The maximum absolute atomic E-state index is 12.4. The van der Waals surface area contributed by atoms with Crippen LogP contribution in [-0.2, 0) is 4.79 Å². The first-order chi connectivity index (χ1) is 15.9. The molecule has 0 bridgehead atoms. The van der Waals surface area contributed by atoms with E-state index < -0.39 is 0 Å². The molecule has 0 aliphatic carbocycles. The van der Waals surface area contributed by atoms with Gasteiger partial charge in [-0.15, -0.1) is 11.8 Å². The molecule has 2 aromatic carbocycles. The number of benzene rings is 2. The van der Waals surface area contributed by atoms with Crippen LogP contribution in [0.1, 0.15) is 53.4 Å². The molecule has 0 unspecified atom stereocenters. The molecule has 0 aliphatic rings. The Hall–Kier alpha value is -2.22. The molecule has 0 saturated heterocycles. The van der Waals surface area contributed by atoms with Gasteiger partial charge in [0.05, 0.1) is 5.75 Å². The Morgan fingerprint density at radius 1 is 1.09 bits per heavy atom. The fourth-order valence-electron chi connectivity index (χ4n) is 3.34. The number of nitrogens with zero attached hydrogens (tertiary/aromatic N) is 1. The summed E-state index contributed by atoms with van der Waals surface area (Å²) in [6.45, 7) is 12.2. The van der Waals surface area contributed by atoms with Crippen LogP contribution in [0.5, 0.6) is 0 Å². The topological polar surface area (TPSA) is 32.3 Å². The summed E-state index contributed by atoms with van der Waals surface area (Å²) < 4.78 is 0. The van der Waals surface area contributed by atoms with Gasteiger partial charge in [0.2, 0.25) is 5.91 Å². The second-order valence-electron chi connectivity index (χ2n) is 9.03. The lowest BCUT2D eigenvalue weighted by molar-refractivity contribution is -0.118. The van der Waals surface area contributed by atoms with E-state index in [4.69, 9.17) is 0 Å². The number of unbranched alkanes of at least 4 members (excludes halogenated alkanes) is 2. The van der Waals surface area contributed by atoms with Crippen LogP contribution in [0.2, 0.25) is 0 Å². The van der Waals surface area contributed by atoms with Gasteiger partial charge in [0.15, 0.2) is 0 Å². The predicted octanol–water partition coefficient (Wildman–Crippen LogP) is 6.54. The lowest BCUT2D eigenvalue weighted by Gasteiger charge is -2.20. The van der Waals surface area contributed by atoms with E-state index in [1.807, 2.05) is 18.2 Å². The van der Waals surface area contributed by atoms with Gasteiger partial charge >= 0.3 is 0 Å². The number of thioether (sulfide) groups is 1. The number of nitrogens with one attached hydrogen (secondary N) is 1. The molecule has 33 heavy (non-hydrogen) atoms. The minimum Gasteiger partial charge on any atom is -0.354 e. The molecule has 4 heteroatoms. The minimum absolute atomic E-state index is 0.0689. The maximum atomic E-state index is 12.4. The minimum atomic E-state index is 0.0689. The Balaban J connectivity index is 1.79. The van der Waals surface area contributed by atoms with Gasteiger partial charge in [-0.25, -0.2) is 0 Å². The van der Waals surface area contributed by atoms with Crippen molar-refractivity contribution in [1.29, 1.82) is 0 Å². The fraction of sp³-hybridized carbons (Fsp3) is 0.483. The summed E-state index contributed by atoms with van der Waals surface area (Å²) in [7, 11) is 0. The number of carbonyl (C=O) groups excluding carboxylic acids is 1. The van der Waals surface area contributed by atoms with E-state index in [0.29, 0.717) is 12.3 Å². The summed E-state index contributed by atoms with van der Waals surface area (Å²) in [6.07, 6.45) is 8.80. The van der Waals surface area contributed by atoms with Crippen molar-refractivity contribution in [3.63, 3.8) is 0 Å². The second kappa shape index (κ2) is 14.8. The molecule has 2 rings (SSSR count). The molecule has 1 amide bonds. The van der Waals surface area contributed by atoms with Crippen LogP contribution in [0.25, 0.3) is 10.8 Å². The fourth-order valence-corrected chi connectivity index (χ4v) is 4.24. The van der Waals surface area contributed by atoms with Crippen LogP contribution in [-0.4, -0.2) is 42.7 Å². The third kappa shape index (κ3) is 10.5. The van der Waals surface area contributed by atoms with E-state index in [1.165, 1.54) is 30.0 Å². The number of fused-ring (bicyclic) bond motifs is 1. The van der Waals surface area contributed by atoms with Crippen LogP contribution in [0.4, 0.5) is 0 Å². The molecular weight excluding hydrogens is 424 g/mol. The number of amides is 1. The van der Waals surface area contributed by atoms with Gasteiger partial charge < -0.3 is 5.32 Å². The third-order valence-corrected chi connectivity index (χ3v) is 6.87. The van der Waals surface area contributed by atoms with Crippen molar-refractivity contribution < 1.29 is 4.79 Å². The second-order valence-corrected chi connectivity index (χ2v) is 10.0. The molecule has 0 heterocycles. The zero-order chi connectivity index (χ0) is 23.9. The van der Waals surface area contributed by atoms with Crippen molar-refractivity contribution in [2.45, 2.75) is 58.3 Å². The van der Waals surface area contributed by atoms with Crippen LogP contribution >= 0.6 is 11.8 Å². The van der Waals surface area contributed by atoms with E-state index in [2.05, 4.69) is 86.2 Å². The highest BCUT2D eigenvalue weighted by Crippen LogP contribution is 2.27. The van der Waals surface area contributed by atoms with Crippen LogP contribution < -0.4 is 5.32 Å². The lowest BCUT2D eigenvalue weighted by atomic mass is 9.91. The summed E-state index contributed by atoms with van der Waals surface area (Å²) in [5.41, 5.74) is 0.0689. The van der Waals surface area contributed by atoms with Crippen LogP contribution in [0, 0.1) is 17.3 Å². The summed E-state index contributed by atoms with van der Waals surface area (Å²) >= 11 is 1.60. The first-order valence-electron chi connectivity index (χ1n) is 12.2. The van der Waals surface area contributed by atoms with Gasteiger partial charge in [-0.1, -0.05) is 81.0 Å². The number of hydrogen-bond donors (Lipinski definition) is 1. The van der Waals surface area contributed by atoms with Gasteiger partial charge in [-0.3, -0.25) is 9.69 Å². The molecule has 1 N–H and O–H groups in total. The zero-order valence-electron chi connectivity index (χ0n) is 20.8. The molecule has 178 valence electrons. The van der Waals surface area contributed by atoms with Crippen molar-refractivity contribution in [3.05, 3.63) is 54.6 Å². The van der Waals surface area contributed by atoms with Gasteiger partial charge in [0.1, 0.15) is 0 Å². The largest absolute Gasteiger partial charge is 0.354 e. The molecular formula is C29H40N2OS. The van der Waals surface area contributed by atoms with Crippen LogP contribution in [0.15, 0.2) is 59.5 Å². The van der Waals surface area contributed by atoms with E-state index in [9.17, 15) is 4.79 Å². The summed E-state index contributed by atoms with van der Waals surface area (Å²) in [5, 5.41) is 5.51. The number of hydrogen-bond acceptors (Lipinski definition) is 3. The highest BCUT2D eigenvalue weighted by Gasteiger charge is 2.09. The first-order valence-corrected chi connectivity index (χ1v) is 13.2. The highest BCUT2D eigenvalue weighted by atomic mass is 32.2. The number of carbonyl (C=O) groups is 1. The van der Waals surface area contributed by atoms with Gasteiger partial charge in [-0.2, -0.15) is 0 Å². The monoisotopic (exact) mass is 464 g/mol. The molecule has 2 aromatic rings. The Labute approximate surface area is 205 Å². The third-order valence-electron chi connectivity index (χ3n) is 5.80. The molecule has 0 saturated carbocycles. The van der Waals surface area contributed by atoms with Crippen molar-refractivity contribution in [3.8, 4) is 11.8 Å². The molecule has 3 nitrogen and oxygen atoms in total. The number of allylic oxidation sites excluding steroid dienone is 1. The average Bonchev–Trinajstić information content (AvgIpc) is 2.82. The van der Waals surface area contributed by atoms with E-state index in [0.717, 1.165) is 31.0 Å². The van der Waals surface area contributed by atoms with Crippen molar-refractivity contribution in [2.75, 3.05) is 31.9 Å². The van der Waals surface area contributed by atoms with E-state index in [1.54, 1.807) is 11.8 Å². The smallest absolute Gasteiger partial charge is 0.230 e. The molecule has 0 atom stereocenters. The summed E-state index contributed by atoms with van der Waals surface area (Å²) in [6, 6.07) is 14.6. The predicted molar refractivity (Wildman–Crippen MR) is 145 cm³/mol. The van der Waals surface area contributed by atoms with Crippen molar-refractivity contribution >= 4 is 28.4 Å². The molecule has 0 aromatic heterocycles. The van der Waals surface area contributed by atoms with Gasteiger partial charge in [0.25, 0.3) is 0 Å². The zero-order valence-corrected chi connectivity index (χ0v) is 21.6. The Bertz CT molecular complexity index is 949. The van der Waals surface area contributed by atoms with Crippen LogP contribution in [0.3, 0.4) is 0 Å². The lowest BCUT2D eigenvalue weighted by Crippen LogP contribution is -2.36. The maximum Gasteiger partial charge on any atom is 0.230 e. The molecule has 0 radical (unpaired) electrons. The Morgan fingerprint density at radius 3 is 2.67 bits per heavy atom. The van der Waals surface area contributed by atoms with E-state index in [-0.39, 0.29) is 11.3 Å². The molecule has 0 spiro atoms. The Morgan fingerprint density at radius 2 is 1.88 bits per heavy atom. The standard InChI is InChI=1S/C29H40N2OS/c1-5-7-12-21-31(22-13-8-11-19-29(3,4)6-2)23-20-30-28(32)24-33-27-18-14-16-25-15-9-10-17-26(25)27/h8-10,13-18H,5-7,12,20-24H2,1-4H3,(H,30,32). The van der Waals surface area contributed by atoms with Gasteiger partial charge in [0, 0.05) is 29.9 Å². The van der Waals surface area contributed by atoms with Gasteiger partial charge in [-0.05, 0) is 56.1 Å². The van der Waals surface area contributed by atoms with Crippen molar-refractivity contribution in [1.82, 2.24) is 10.2 Å². The highest BCUT2D eigenvalue weighted by molar-refractivity contribution is 8.00. The first kappa shape index (κ1) is 27.0. The van der Waals surface area contributed by atoms with Crippen molar-refractivity contribution in [2.24, 2.45) is 5.41 Å². The quantitative estimate of drug-likeness (QED) is 0.208. The van der Waals surface area contributed by atoms with E-state index >= 15 is 0 Å². The molecule has 0 fully saturated rings. The SMILES string of the molecule is CCCCCN(CC=CC#CC(C)(C)CC)CCNC(=O)CSc1cccc2ccccc12. The Kier molecular flexibility index (Phi) is 12.1. The average molecular weight is 465 g/mol. The molecule has 0 aliphatic heterocycles.